The Morgan fingerprint density at radius 2 is 2.12 bits per heavy atom. The molecule has 1 unspecified atom stereocenters. The van der Waals surface area contributed by atoms with Crippen LogP contribution in [0.5, 0.6) is 0 Å². The van der Waals surface area contributed by atoms with Crippen LogP contribution >= 0.6 is 11.3 Å². The molecule has 1 aliphatic rings. The van der Waals surface area contributed by atoms with Crippen LogP contribution in [0.4, 0.5) is 0 Å². The van der Waals surface area contributed by atoms with Crippen molar-refractivity contribution in [3.05, 3.63) is 15.6 Å². The minimum absolute atomic E-state index is 0.0773. The van der Waals surface area contributed by atoms with Gasteiger partial charge in [0.1, 0.15) is 5.01 Å². The van der Waals surface area contributed by atoms with Crippen LogP contribution in [0.15, 0.2) is 0 Å². The van der Waals surface area contributed by atoms with E-state index in [0.29, 0.717) is 6.04 Å². The Morgan fingerprint density at radius 3 is 2.53 bits per heavy atom. The van der Waals surface area contributed by atoms with Crippen molar-refractivity contribution in [1.82, 2.24) is 15.2 Å². The van der Waals surface area contributed by atoms with Gasteiger partial charge in [0, 0.05) is 24.0 Å². The van der Waals surface area contributed by atoms with Gasteiger partial charge in [-0.1, -0.05) is 0 Å². The van der Waals surface area contributed by atoms with Gasteiger partial charge < -0.3 is 5.32 Å². The molecular weight excluding hydrogens is 230 g/mol. The highest BCUT2D eigenvalue weighted by Crippen LogP contribution is 2.35. The van der Waals surface area contributed by atoms with Crippen LogP contribution in [0.25, 0.3) is 0 Å². The minimum atomic E-state index is 0.0773. The summed E-state index contributed by atoms with van der Waals surface area (Å²) in [6.45, 7) is 11.0. The normalized spacial score (nSPS) is 26.0. The van der Waals surface area contributed by atoms with E-state index in [-0.39, 0.29) is 5.54 Å². The second-order valence-electron chi connectivity index (χ2n) is 5.31. The van der Waals surface area contributed by atoms with Crippen LogP contribution < -0.4 is 5.32 Å². The summed E-state index contributed by atoms with van der Waals surface area (Å²) in [7, 11) is 2.07. The molecule has 0 bridgehead atoms. The highest BCUT2D eigenvalue weighted by molar-refractivity contribution is 7.11. The average Bonchev–Trinajstić information content (AvgIpc) is 2.85. The summed E-state index contributed by atoms with van der Waals surface area (Å²) in [6.07, 6.45) is 1.16. The van der Waals surface area contributed by atoms with Gasteiger partial charge in [-0.3, -0.25) is 4.90 Å². The second kappa shape index (κ2) is 4.67. The summed E-state index contributed by atoms with van der Waals surface area (Å²) in [6, 6.07) is 0.618. The van der Waals surface area contributed by atoms with Crippen molar-refractivity contribution in [3.8, 4) is 0 Å². The molecule has 96 valence electrons. The fourth-order valence-electron chi connectivity index (χ4n) is 2.44. The van der Waals surface area contributed by atoms with Crippen molar-refractivity contribution in [3.63, 3.8) is 0 Å². The molecule has 1 aromatic rings. The SMILES string of the molecule is CNC1(c2nc(C)c(C)s2)CCN(C(C)C)C1. The van der Waals surface area contributed by atoms with Crippen LogP contribution in [0, 0.1) is 13.8 Å². The van der Waals surface area contributed by atoms with Crippen LogP contribution in [0.2, 0.25) is 0 Å². The summed E-state index contributed by atoms with van der Waals surface area (Å²) >= 11 is 1.85. The number of likely N-dealkylation sites (tertiary alicyclic amines) is 1. The highest BCUT2D eigenvalue weighted by atomic mass is 32.1. The lowest BCUT2D eigenvalue weighted by Gasteiger charge is -2.28. The van der Waals surface area contributed by atoms with Crippen molar-refractivity contribution in [1.29, 1.82) is 0 Å². The van der Waals surface area contributed by atoms with E-state index in [0.717, 1.165) is 19.5 Å². The van der Waals surface area contributed by atoms with Crippen molar-refractivity contribution in [2.45, 2.75) is 45.7 Å². The maximum absolute atomic E-state index is 4.76. The number of hydrogen-bond acceptors (Lipinski definition) is 4. The molecule has 1 aromatic heterocycles. The first kappa shape index (κ1) is 13.0. The van der Waals surface area contributed by atoms with E-state index in [4.69, 9.17) is 4.98 Å². The standard InChI is InChI=1S/C13H23N3S/c1-9(2)16-7-6-13(8-16,14-5)12-15-10(3)11(4)17-12/h9,14H,6-8H2,1-5H3. The molecule has 0 aliphatic carbocycles. The minimum Gasteiger partial charge on any atom is -0.307 e. The first-order valence-electron chi connectivity index (χ1n) is 6.36. The number of nitrogens with one attached hydrogen (secondary N) is 1. The first-order chi connectivity index (χ1) is 7.98. The van der Waals surface area contributed by atoms with Gasteiger partial charge in [0.25, 0.3) is 0 Å². The fourth-order valence-corrected chi connectivity index (χ4v) is 3.57. The van der Waals surface area contributed by atoms with E-state index in [1.54, 1.807) is 0 Å². The largest absolute Gasteiger partial charge is 0.307 e. The first-order valence-corrected chi connectivity index (χ1v) is 7.17. The Bertz CT molecular complexity index is 380. The van der Waals surface area contributed by atoms with Crippen molar-refractivity contribution < 1.29 is 0 Å². The maximum atomic E-state index is 4.76. The molecule has 4 heteroatoms. The van der Waals surface area contributed by atoms with Crippen LogP contribution in [0.1, 0.15) is 35.8 Å². The molecule has 1 aliphatic heterocycles. The van der Waals surface area contributed by atoms with E-state index in [2.05, 4.69) is 45.0 Å². The second-order valence-corrected chi connectivity index (χ2v) is 6.51. The maximum Gasteiger partial charge on any atom is 0.115 e. The van der Waals surface area contributed by atoms with E-state index >= 15 is 0 Å². The molecule has 17 heavy (non-hydrogen) atoms. The molecule has 1 fully saturated rings. The fraction of sp³-hybridized carbons (Fsp3) is 0.769. The van der Waals surface area contributed by atoms with E-state index < -0.39 is 0 Å². The summed E-state index contributed by atoms with van der Waals surface area (Å²) < 4.78 is 0. The lowest BCUT2D eigenvalue weighted by molar-refractivity contribution is 0.245. The van der Waals surface area contributed by atoms with Gasteiger partial charge >= 0.3 is 0 Å². The van der Waals surface area contributed by atoms with Crippen molar-refractivity contribution >= 4 is 11.3 Å². The zero-order valence-electron chi connectivity index (χ0n) is 11.5. The quantitative estimate of drug-likeness (QED) is 0.896. The van der Waals surface area contributed by atoms with Gasteiger partial charge in [0.15, 0.2) is 0 Å². The number of likely N-dealkylation sites (N-methyl/N-ethyl adjacent to an activating group) is 1. The van der Waals surface area contributed by atoms with Crippen molar-refractivity contribution in [2.75, 3.05) is 20.1 Å². The Balaban J connectivity index is 2.27. The molecule has 1 saturated heterocycles. The molecule has 2 rings (SSSR count). The molecular formula is C13H23N3S. The Morgan fingerprint density at radius 1 is 1.41 bits per heavy atom. The average molecular weight is 253 g/mol. The van der Waals surface area contributed by atoms with Crippen LogP contribution in [-0.4, -0.2) is 36.1 Å². The lowest BCUT2D eigenvalue weighted by Crippen LogP contribution is -2.43. The topological polar surface area (TPSA) is 28.2 Å². The molecule has 0 aromatic carbocycles. The molecule has 3 nitrogen and oxygen atoms in total. The zero-order chi connectivity index (χ0) is 12.6. The zero-order valence-corrected chi connectivity index (χ0v) is 12.3. The number of aryl methyl sites for hydroxylation is 2. The predicted octanol–water partition coefficient (Wildman–Crippen LogP) is 2.29. The predicted molar refractivity (Wildman–Crippen MR) is 73.7 cm³/mol. The third-order valence-corrected chi connectivity index (χ3v) is 5.22. The summed E-state index contributed by atoms with van der Waals surface area (Å²) in [4.78, 5) is 8.63. The van der Waals surface area contributed by atoms with Crippen LogP contribution in [-0.2, 0) is 5.54 Å². The molecule has 1 atom stereocenters. The Labute approximate surface area is 108 Å². The van der Waals surface area contributed by atoms with Crippen LogP contribution in [0.3, 0.4) is 0 Å². The number of nitrogens with zero attached hydrogens (tertiary/aromatic N) is 2. The number of rotatable bonds is 3. The molecule has 0 saturated carbocycles. The van der Waals surface area contributed by atoms with Crippen molar-refractivity contribution in [2.24, 2.45) is 0 Å². The van der Waals surface area contributed by atoms with Gasteiger partial charge in [-0.05, 0) is 41.2 Å². The highest BCUT2D eigenvalue weighted by Gasteiger charge is 2.41. The van der Waals surface area contributed by atoms with E-state index in [9.17, 15) is 0 Å². The summed E-state index contributed by atoms with van der Waals surface area (Å²) in [5, 5.41) is 4.79. The monoisotopic (exact) mass is 253 g/mol. The lowest BCUT2D eigenvalue weighted by atomic mass is 10.00. The van der Waals surface area contributed by atoms with Gasteiger partial charge in [0.2, 0.25) is 0 Å². The smallest absolute Gasteiger partial charge is 0.115 e. The third-order valence-electron chi connectivity index (χ3n) is 3.95. The molecule has 0 spiro atoms. The summed E-state index contributed by atoms with van der Waals surface area (Å²) in [5.74, 6) is 0. The van der Waals surface area contributed by atoms with Gasteiger partial charge in [-0.2, -0.15) is 0 Å². The number of thiazole rings is 1. The van der Waals surface area contributed by atoms with Gasteiger partial charge in [-0.25, -0.2) is 4.98 Å². The molecule has 2 heterocycles. The van der Waals surface area contributed by atoms with Gasteiger partial charge in [-0.15, -0.1) is 11.3 Å². The molecule has 0 amide bonds. The molecule has 0 radical (unpaired) electrons. The van der Waals surface area contributed by atoms with E-state index in [1.165, 1.54) is 15.6 Å². The Hall–Kier alpha value is -0.450. The van der Waals surface area contributed by atoms with E-state index in [1.807, 2.05) is 11.3 Å². The van der Waals surface area contributed by atoms with Gasteiger partial charge in [0.05, 0.1) is 11.2 Å². The third kappa shape index (κ3) is 2.26. The Kier molecular flexibility index (Phi) is 3.57. The number of aromatic nitrogens is 1. The summed E-state index contributed by atoms with van der Waals surface area (Å²) in [5.41, 5.74) is 1.26. The number of hydrogen-bond donors (Lipinski definition) is 1. The molecule has 1 N–H and O–H groups in total.